The summed E-state index contributed by atoms with van der Waals surface area (Å²) in [7, 11) is 1.64. The molecule has 0 saturated carbocycles. The van der Waals surface area contributed by atoms with Gasteiger partial charge in [-0.1, -0.05) is 6.07 Å². The molecule has 1 saturated heterocycles. The number of ether oxygens (including phenoxy) is 1. The molecule has 1 aliphatic heterocycles. The van der Waals surface area contributed by atoms with Crippen LogP contribution in [0.15, 0.2) is 18.2 Å². The number of rotatable bonds is 3. The van der Waals surface area contributed by atoms with E-state index in [1.807, 2.05) is 18.2 Å². The Morgan fingerprint density at radius 2 is 1.80 bits per heavy atom. The number of hydrogen-bond acceptors (Lipinski definition) is 4. The van der Waals surface area contributed by atoms with E-state index in [1.54, 1.807) is 7.11 Å². The van der Waals surface area contributed by atoms with Crippen LogP contribution in [0.1, 0.15) is 40.5 Å². The number of aromatic nitrogens is 1. The average molecular weight is 300 g/mol. The van der Waals surface area contributed by atoms with Crippen LogP contribution in [0.5, 0.6) is 5.88 Å². The van der Waals surface area contributed by atoms with Crippen molar-refractivity contribution in [2.45, 2.75) is 57.7 Å². The van der Waals surface area contributed by atoms with Gasteiger partial charge in [-0.3, -0.25) is 0 Å². The molecular weight excluding hydrogens is 274 g/mol. The fraction of sp³-hybridized carbons (Fsp3) is 0.667. The molecule has 0 radical (unpaired) electrons. The van der Waals surface area contributed by atoms with Crippen LogP contribution in [-0.2, 0) is 0 Å². The zero-order valence-corrected chi connectivity index (χ0v) is 13.8. The molecule has 20 heavy (non-hydrogen) atoms. The molecule has 1 aliphatic rings. The molecule has 1 aromatic heterocycles. The molecule has 0 spiro atoms. The minimum Gasteiger partial charge on any atom is -0.481 e. The van der Waals surface area contributed by atoms with E-state index in [0.29, 0.717) is 11.9 Å². The number of hydrogen-bond donors (Lipinski definition) is 2. The molecule has 0 aromatic carbocycles. The van der Waals surface area contributed by atoms with Crippen LogP contribution in [0.25, 0.3) is 0 Å². The molecule has 0 atom stereocenters. The topological polar surface area (TPSA) is 46.2 Å². The summed E-state index contributed by atoms with van der Waals surface area (Å²) < 4.78 is 5.16. The quantitative estimate of drug-likeness (QED) is 0.899. The molecule has 4 nitrogen and oxygen atoms in total. The Morgan fingerprint density at radius 1 is 1.20 bits per heavy atom. The Hall–Kier alpha value is -1.00. The van der Waals surface area contributed by atoms with Gasteiger partial charge in [0.25, 0.3) is 0 Å². The predicted octanol–water partition coefficient (Wildman–Crippen LogP) is 3.23. The first-order valence-corrected chi connectivity index (χ1v) is 6.87. The summed E-state index contributed by atoms with van der Waals surface area (Å²) in [5.41, 5.74) is 0.274. The number of pyridine rings is 1. The molecule has 2 heterocycles. The van der Waals surface area contributed by atoms with Gasteiger partial charge in [-0.15, -0.1) is 12.4 Å². The maximum atomic E-state index is 5.16. The van der Waals surface area contributed by atoms with E-state index in [4.69, 9.17) is 4.74 Å². The molecule has 5 heteroatoms. The smallest absolute Gasteiger partial charge is 0.214 e. The van der Waals surface area contributed by atoms with Crippen LogP contribution >= 0.6 is 12.4 Å². The summed E-state index contributed by atoms with van der Waals surface area (Å²) in [6.07, 6.45) is 2.16. The average Bonchev–Trinajstić information content (AvgIpc) is 2.24. The zero-order chi connectivity index (χ0) is 14.1. The molecule has 0 unspecified atom stereocenters. The summed E-state index contributed by atoms with van der Waals surface area (Å²) in [6, 6.07) is 6.24. The van der Waals surface area contributed by atoms with Crippen molar-refractivity contribution >= 4 is 18.2 Å². The molecule has 0 aliphatic carbocycles. The minimum atomic E-state index is 0. The van der Waals surface area contributed by atoms with Crippen molar-refractivity contribution in [3.63, 3.8) is 0 Å². The number of piperidine rings is 1. The monoisotopic (exact) mass is 299 g/mol. The van der Waals surface area contributed by atoms with E-state index in [9.17, 15) is 0 Å². The number of halogens is 1. The van der Waals surface area contributed by atoms with Crippen molar-refractivity contribution in [2.24, 2.45) is 0 Å². The summed E-state index contributed by atoms with van der Waals surface area (Å²) >= 11 is 0. The van der Waals surface area contributed by atoms with Crippen molar-refractivity contribution in [3.8, 4) is 5.88 Å². The Morgan fingerprint density at radius 3 is 2.35 bits per heavy atom. The van der Waals surface area contributed by atoms with Crippen LogP contribution in [0.3, 0.4) is 0 Å². The maximum absolute atomic E-state index is 5.16. The first-order valence-electron chi connectivity index (χ1n) is 6.87. The Balaban J connectivity index is 0.00000200. The van der Waals surface area contributed by atoms with Crippen LogP contribution in [0.2, 0.25) is 0 Å². The van der Waals surface area contributed by atoms with E-state index in [1.165, 1.54) is 0 Å². The molecule has 114 valence electrons. The van der Waals surface area contributed by atoms with Gasteiger partial charge in [0.2, 0.25) is 5.88 Å². The number of anilines is 1. The van der Waals surface area contributed by atoms with Gasteiger partial charge in [0.05, 0.1) is 7.11 Å². The van der Waals surface area contributed by atoms with Crippen molar-refractivity contribution in [3.05, 3.63) is 18.2 Å². The summed E-state index contributed by atoms with van der Waals surface area (Å²) in [4.78, 5) is 4.43. The largest absolute Gasteiger partial charge is 0.481 e. The van der Waals surface area contributed by atoms with E-state index >= 15 is 0 Å². The van der Waals surface area contributed by atoms with Gasteiger partial charge in [-0.2, -0.15) is 4.98 Å². The van der Waals surface area contributed by atoms with Crippen molar-refractivity contribution < 1.29 is 4.74 Å². The van der Waals surface area contributed by atoms with Crippen LogP contribution in [0.4, 0.5) is 5.82 Å². The highest BCUT2D eigenvalue weighted by atomic mass is 35.5. The highest BCUT2D eigenvalue weighted by molar-refractivity contribution is 5.85. The lowest BCUT2D eigenvalue weighted by Gasteiger charge is -2.46. The fourth-order valence-corrected chi connectivity index (χ4v) is 3.24. The fourth-order valence-electron chi connectivity index (χ4n) is 3.24. The number of methoxy groups -OCH3 is 1. The van der Waals surface area contributed by atoms with Crippen LogP contribution < -0.4 is 15.4 Å². The normalized spacial score (nSPS) is 20.9. The Kier molecular flexibility index (Phi) is 5.27. The highest BCUT2D eigenvalue weighted by Gasteiger charge is 2.37. The lowest BCUT2D eigenvalue weighted by Crippen LogP contribution is -2.60. The molecule has 1 fully saturated rings. The second-order valence-corrected chi connectivity index (χ2v) is 6.71. The number of nitrogens with zero attached hydrogens (tertiary/aromatic N) is 1. The van der Waals surface area contributed by atoms with Crippen LogP contribution in [0, 0.1) is 0 Å². The molecule has 0 amide bonds. The lowest BCUT2D eigenvalue weighted by molar-refractivity contribution is 0.170. The molecule has 2 N–H and O–H groups in total. The minimum absolute atomic E-state index is 0. The third-order valence-electron chi connectivity index (χ3n) is 3.47. The SMILES string of the molecule is COc1cccc(NC2CC(C)(C)NC(C)(C)C2)n1.Cl. The van der Waals surface area contributed by atoms with E-state index < -0.39 is 0 Å². The molecule has 2 rings (SSSR count). The molecule has 0 bridgehead atoms. The third-order valence-corrected chi connectivity index (χ3v) is 3.47. The zero-order valence-electron chi connectivity index (χ0n) is 13.0. The van der Waals surface area contributed by atoms with E-state index in [0.717, 1.165) is 18.7 Å². The van der Waals surface area contributed by atoms with Gasteiger partial charge in [0, 0.05) is 23.2 Å². The van der Waals surface area contributed by atoms with Gasteiger partial charge in [-0.25, -0.2) is 0 Å². The van der Waals surface area contributed by atoms with Crippen molar-refractivity contribution in [1.29, 1.82) is 0 Å². The first-order chi connectivity index (χ1) is 8.80. The molecular formula is C15H26ClN3O. The maximum Gasteiger partial charge on any atom is 0.214 e. The Labute approximate surface area is 128 Å². The van der Waals surface area contributed by atoms with Crippen LogP contribution in [-0.4, -0.2) is 29.2 Å². The predicted molar refractivity (Wildman–Crippen MR) is 86.0 cm³/mol. The first kappa shape index (κ1) is 17.1. The second-order valence-electron chi connectivity index (χ2n) is 6.71. The highest BCUT2D eigenvalue weighted by Crippen LogP contribution is 2.30. The van der Waals surface area contributed by atoms with Crippen molar-refractivity contribution in [2.75, 3.05) is 12.4 Å². The number of nitrogens with one attached hydrogen (secondary N) is 2. The van der Waals surface area contributed by atoms with Gasteiger partial charge < -0.3 is 15.4 Å². The van der Waals surface area contributed by atoms with Gasteiger partial charge in [-0.05, 0) is 46.6 Å². The summed E-state index contributed by atoms with van der Waals surface area (Å²) in [5, 5.41) is 7.22. The Bertz CT molecular complexity index is 432. The van der Waals surface area contributed by atoms with Gasteiger partial charge in [0.1, 0.15) is 5.82 Å². The summed E-state index contributed by atoms with van der Waals surface area (Å²) in [6.45, 7) is 9.01. The molecule has 1 aromatic rings. The van der Waals surface area contributed by atoms with Gasteiger partial charge >= 0.3 is 0 Å². The van der Waals surface area contributed by atoms with E-state index in [-0.39, 0.29) is 23.5 Å². The standard InChI is InChI=1S/C15H25N3O.ClH/c1-14(2)9-11(10-15(3,4)18-14)16-12-7-6-8-13(17-12)19-5;/h6-8,11,18H,9-10H2,1-5H3,(H,16,17);1H. The van der Waals surface area contributed by atoms with Gasteiger partial charge in [0.15, 0.2) is 0 Å². The third kappa shape index (κ3) is 4.53. The summed E-state index contributed by atoms with van der Waals surface area (Å²) in [5.74, 6) is 1.54. The lowest BCUT2D eigenvalue weighted by atomic mass is 9.79. The van der Waals surface area contributed by atoms with E-state index in [2.05, 4.69) is 43.3 Å². The second kappa shape index (κ2) is 6.19. The van der Waals surface area contributed by atoms with Crippen molar-refractivity contribution in [1.82, 2.24) is 10.3 Å².